The van der Waals surface area contributed by atoms with Crippen molar-refractivity contribution in [3.63, 3.8) is 0 Å². The molecule has 8 heteroatoms. The van der Waals surface area contributed by atoms with E-state index in [1.807, 2.05) is 16.8 Å². The number of Topliss-reactive ketones (excluding diaryl/α,β-unsaturated/α-hetero) is 1. The fourth-order valence-corrected chi connectivity index (χ4v) is 4.90. The van der Waals surface area contributed by atoms with Gasteiger partial charge in [-0.15, -0.1) is 0 Å². The summed E-state index contributed by atoms with van der Waals surface area (Å²) in [5, 5.41) is 12.9. The molecule has 7 nitrogen and oxygen atoms in total. The molecule has 1 aromatic heterocycles. The van der Waals surface area contributed by atoms with Gasteiger partial charge in [-0.2, -0.15) is 0 Å². The number of primary amides is 1. The number of ether oxygens (including phenoxy) is 1. The van der Waals surface area contributed by atoms with E-state index in [2.05, 4.69) is 4.90 Å². The SMILES string of the molecule is NC(=O)c1cc2cc(Cl)ccc2cc1OCC(=O)c1cn(CCN2CCCC2)c2cc(O)ccc12. The zero-order valence-corrected chi connectivity index (χ0v) is 19.9. The van der Waals surface area contributed by atoms with Crippen LogP contribution in [0.25, 0.3) is 21.7 Å². The molecule has 0 radical (unpaired) electrons. The topological polar surface area (TPSA) is 97.8 Å². The summed E-state index contributed by atoms with van der Waals surface area (Å²) in [4.78, 5) is 27.7. The van der Waals surface area contributed by atoms with Gasteiger partial charge in [0.25, 0.3) is 5.91 Å². The van der Waals surface area contributed by atoms with Crippen LogP contribution in [0.1, 0.15) is 33.6 Å². The largest absolute Gasteiger partial charge is 0.508 e. The minimum atomic E-state index is -0.650. The van der Waals surface area contributed by atoms with Crippen molar-refractivity contribution in [3.05, 3.63) is 70.9 Å². The third kappa shape index (κ3) is 4.83. The summed E-state index contributed by atoms with van der Waals surface area (Å²) in [7, 11) is 0. The Morgan fingerprint density at radius 3 is 2.54 bits per heavy atom. The first kappa shape index (κ1) is 23.2. The van der Waals surface area contributed by atoms with E-state index < -0.39 is 5.91 Å². The minimum Gasteiger partial charge on any atom is -0.508 e. The molecule has 0 unspecified atom stereocenters. The van der Waals surface area contributed by atoms with Gasteiger partial charge < -0.3 is 25.0 Å². The van der Waals surface area contributed by atoms with E-state index in [4.69, 9.17) is 22.1 Å². The number of hydrogen-bond donors (Lipinski definition) is 2. The lowest BCUT2D eigenvalue weighted by molar-refractivity contribution is 0.0913. The Morgan fingerprint density at radius 2 is 1.77 bits per heavy atom. The molecule has 0 saturated carbocycles. The zero-order chi connectivity index (χ0) is 24.5. The number of nitrogens with two attached hydrogens (primary N) is 1. The highest BCUT2D eigenvalue weighted by Crippen LogP contribution is 2.29. The fraction of sp³-hybridized carbons (Fsp3) is 0.259. The highest BCUT2D eigenvalue weighted by molar-refractivity contribution is 6.31. The maximum absolute atomic E-state index is 13.2. The first-order valence-electron chi connectivity index (χ1n) is 11.6. The third-order valence-electron chi connectivity index (χ3n) is 6.55. The van der Waals surface area contributed by atoms with Gasteiger partial charge in [0, 0.05) is 41.3 Å². The number of rotatable bonds is 8. The van der Waals surface area contributed by atoms with Crippen LogP contribution in [0.15, 0.2) is 54.7 Å². The van der Waals surface area contributed by atoms with Gasteiger partial charge in [0.1, 0.15) is 11.5 Å². The van der Waals surface area contributed by atoms with E-state index in [1.54, 1.807) is 42.5 Å². The maximum atomic E-state index is 13.2. The van der Waals surface area contributed by atoms with Gasteiger partial charge in [-0.1, -0.05) is 17.7 Å². The van der Waals surface area contributed by atoms with Crippen molar-refractivity contribution < 1.29 is 19.4 Å². The van der Waals surface area contributed by atoms with Crippen molar-refractivity contribution in [2.24, 2.45) is 5.73 Å². The number of carbonyl (C=O) groups is 2. The molecule has 1 fully saturated rings. The Balaban J connectivity index is 1.41. The van der Waals surface area contributed by atoms with Crippen molar-refractivity contribution in [2.75, 3.05) is 26.2 Å². The molecule has 1 amide bonds. The Hall–Kier alpha value is -3.55. The molecule has 3 aromatic carbocycles. The van der Waals surface area contributed by atoms with Crippen LogP contribution in [0.5, 0.6) is 11.5 Å². The Kier molecular flexibility index (Phi) is 6.36. The molecular weight excluding hydrogens is 466 g/mol. The molecule has 5 rings (SSSR count). The van der Waals surface area contributed by atoms with Gasteiger partial charge in [-0.05, 0) is 73.1 Å². The molecule has 0 bridgehead atoms. The fourth-order valence-electron chi connectivity index (χ4n) is 4.72. The summed E-state index contributed by atoms with van der Waals surface area (Å²) in [5.41, 5.74) is 7.06. The lowest BCUT2D eigenvalue weighted by atomic mass is 10.1. The standard InChI is InChI=1S/C27H26ClN3O4/c28-19-4-3-17-13-26(22(27(29)34)12-18(17)11-19)35-16-25(33)23-15-31(10-9-30-7-1-2-8-30)24-14-20(32)5-6-21(23)24/h3-6,11-15,32H,1-2,7-10,16H2,(H2,29,34). The Labute approximate surface area is 207 Å². The minimum absolute atomic E-state index is 0.149. The van der Waals surface area contributed by atoms with E-state index in [9.17, 15) is 14.7 Å². The zero-order valence-electron chi connectivity index (χ0n) is 19.2. The van der Waals surface area contributed by atoms with Crippen molar-refractivity contribution in [2.45, 2.75) is 19.4 Å². The predicted octanol–water partition coefficient (Wildman–Crippen LogP) is 4.61. The van der Waals surface area contributed by atoms with Gasteiger partial charge in [-0.3, -0.25) is 9.59 Å². The molecule has 4 aromatic rings. The normalized spacial score (nSPS) is 14.1. The van der Waals surface area contributed by atoms with Crippen LogP contribution < -0.4 is 10.5 Å². The average Bonchev–Trinajstić information content (AvgIpc) is 3.48. The quantitative estimate of drug-likeness (QED) is 0.351. The lowest BCUT2D eigenvalue weighted by Crippen LogP contribution is -2.23. The molecule has 3 N–H and O–H groups in total. The number of hydrogen-bond acceptors (Lipinski definition) is 5. The van der Waals surface area contributed by atoms with E-state index in [1.165, 1.54) is 12.8 Å². The van der Waals surface area contributed by atoms with Crippen molar-refractivity contribution in [1.82, 2.24) is 9.47 Å². The number of aromatic hydroxyl groups is 1. The number of fused-ring (bicyclic) bond motifs is 2. The van der Waals surface area contributed by atoms with Crippen LogP contribution in [0.2, 0.25) is 5.02 Å². The second-order valence-electron chi connectivity index (χ2n) is 8.90. The molecule has 1 aliphatic heterocycles. The molecule has 2 heterocycles. The molecular formula is C27H26ClN3O4. The second kappa shape index (κ2) is 9.60. The number of phenols is 1. The van der Waals surface area contributed by atoms with Crippen LogP contribution >= 0.6 is 11.6 Å². The number of aromatic nitrogens is 1. The summed E-state index contributed by atoms with van der Waals surface area (Å²) in [5.74, 6) is -0.484. The first-order valence-corrected chi connectivity index (χ1v) is 12.0. The van der Waals surface area contributed by atoms with E-state index in [0.717, 1.165) is 41.3 Å². The monoisotopic (exact) mass is 491 g/mol. The number of likely N-dealkylation sites (tertiary alicyclic amines) is 1. The molecule has 0 atom stereocenters. The molecule has 180 valence electrons. The van der Waals surface area contributed by atoms with Crippen molar-refractivity contribution >= 4 is 45.0 Å². The lowest BCUT2D eigenvalue weighted by Gasteiger charge is -2.15. The number of benzene rings is 3. The number of phenolic OH excluding ortho intramolecular Hbond substituents is 1. The summed E-state index contributed by atoms with van der Waals surface area (Å²) < 4.78 is 7.84. The number of ketones is 1. The van der Waals surface area contributed by atoms with E-state index in [0.29, 0.717) is 17.1 Å². The highest BCUT2D eigenvalue weighted by atomic mass is 35.5. The Bertz CT molecular complexity index is 1440. The van der Waals surface area contributed by atoms with Crippen LogP contribution in [0.3, 0.4) is 0 Å². The third-order valence-corrected chi connectivity index (χ3v) is 6.78. The highest BCUT2D eigenvalue weighted by Gasteiger charge is 2.19. The molecule has 1 saturated heterocycles. The Morgan fingerprint density at radius 1 is 0.971 bits per heavy atom. The van der Waals surface area contributed by atoms with Crippen LogP contribution in [-0.2, 0) is 6.54 Å². The molecule has 35 heavy (non-hydrogen) atoms. The van der Waals surface area contributed by atoms with Gasteiger partial charge in [-0.25, -0.2) is 0 Å². The van der Waals surface area contributed by atoms with Crippen LogP contribution in [0, 0.1) is 0 Å². The summed E-state index contributed by atoms with van der Waals surface area (Å²) in [6, 6.07) is 13.6. The van der Waals surface area contributed by atoms with Gasteiger partial charge in [0.05, 0.1) is 11.1 Å². The number of nitrogens with zero attached hydrogens (tertiary/aromatic N) is 2. The molecule has 0 spiro atoms. The summed E-state index contributed by atoms with van der Waals surface area (Å²) >= 11 is 6.07. The molecule has 0 aliphatic carbocycles. The van der Waals surface area contributed by atoms with Crippen molar-refractivity contribution in [3.8, 4) is 11.5 Å². The van der Waals surface area contributed by atoms with Crippen LogP contribution in [0.4, 0.5) is 0 Å². The van der Waals surface area contributed by atoms with Crippen molar-refractivity contribution in [1.29, 1.82) is 0 Å². The second-order valence-corrected chi connectivity index (χ2v) is 9.34. The number of carbonyl (C=O) groups excluding carboxylic acids is 2. The predicted molar refractivity (Wildman–Crippen MR) is 137 cm³/mol. The smallest absolute Gasteiger partial charge is 0.252 e. The number of halogens is 1. The van der Waals surface area contributed by atoms with E-state index >= 15 is 0 Å². The summed E-state index contributed by atoms with van der Waals surface area (Å²) in [6.45, 7) is 3.51. The van der Waals surface area contributed by atoms with Gasteiger partial charge in [0.15, 0.2) is 6.61 Å². The van der Waals surface area contributed by atoms with Crippen LogP contribution in [-0.4, -0.2) is 52.5 Å². The summed E-state index contributed by atoms with van der Waals surface area (Å²) in [6.07, 6.45) is 4.25. The van der Waals surface area contributed by atoms with Gasteiger partial charge in [0.2, 0.25) is 5.78 Å². The first-order chi connectivity index (χ1) is 16.9. The number of amides is 1. The average molecular weight is 492 g/mol. The maximum Gasteiger partial charge on any atom is 0.252 e. The molecule has 1 aliphatic rings. The van der Waals surface area contributed by atoms with Gasteiger partial charge >= 0.3 is 0 Å². The van der Waals surface area contributed by atoms with E-state index in [-0.39, 0.29) is 29.5 Å².